The third kappa shape index (κ3) is 3.81. The van der Waals surface area contributed by atoms with Crippen molar-refractivity contribution >= 4 is 34.2 Å². The molecule has 30 heavy (non-hydrogen) atoms. The van der Waals surface area contributed by atoms with E-state index < -0.39 is 4.92 Å². The summed E-state index contributed by atoms with van der Waals surface area (Å²) in [5.41, 5.74) is 2.17. The van der Waals surface area contributed by atoms with Crippen LogP contribution in [-0.4, -0.2) is 22.8 Å². The van der Waals surface area contributed by atoms with Crippen molar-refractivity contribution in [1.29, 1.82) is 0 Å². The molecule has 0 bridgehead atoms. The normalized spacial score (nSPS) is 11.4. The molecular formula is C23H16N2O5. The van der Waals surface area contributed by atoms with E-state index >= 15 is 0 Å². The number of hydrogen-bond acceptors (Lipinski definition) is 6. The van der Waals surface area contributed by atoms with E-state index in [0.717, 1.165) is 0 Å². The molecule has 0 spiro atoms. The monoisotopic (exact) mass is 400 g/mol. The van der Waals surface area contributed by atoms with E-state index in [1.165, 1.54) is 12.1 Å². The number of methoxy groups -OCH3 is 1. The first kappa shape index (κ1) is 19.1. The Balaban J connectivity index is 1.84. The minimum absolute atomic E-state index is 0.0717. The molecule has 0 atom stereocenters. The lowest BCUT2D eigenvalue weighted by atomic mass is 10.0. The average molecular weight is 400 g/mol. The fraction of sp³-hybridized carbons (Fsp3) is 0.0435. The number of ether oxygens (including phenoxy) is 1. The Hall–Kier alpha value is -4.26. The summed E-state index contributed by atoms with van der Waals surface area (Å²) in [4.78, 5) is 28.4. The van der Waals surface area contributed by atoms with Crippen LogP contribution in [0.3, 0.4) is 0 Å². The maximum atomic E-state index is 13.3. The Kier molecular flexibility index (Phi) is 5.09. The van der Waals surface area contributed by atoms with Gasteiger partial charge in [0.1, 0.15) is 11.3 Å². The number of nitro benzene ring substituents is 1. The molecule has 0 saturated heterocycles. The number of carbonyl (C=O) groups is 1. The minimum Gasteiger partial charge on any atom is -0.497 e. The van der Waals surface area contributed by atoms with Gasteiger partial charge in [-0.3, -0.25) is 14.9 Å². The fourth-order valence-electron chi connectivity index (χ4n) is 3.00. The number of ketones is 1. The lowest BCUT2D eigenvalue weighted by Gasteiger charge is -2.05. The molecule has 0 radical (unpaired) electrons. The predicted molar refractivity (Wildman–Crippen MR) is 112 cm³/mol. The van der Waals surface area contributed by atoms with E-state index in [1.54, 1.807) is 61.7 Å². The van der Waals surface area contributed by atoms with Gasteiger partial charge in [-0.15, -0.1) is 0 Å². The first-order chi connectivity index (χ1) is 14.5. The largest absolute Gasteiger partial charge is 0.497 e. The van der Waals surface area contributed by atoms with Crippen LogP contribution in [-0.2, 0) is 0 Å². The molecule has 0 amide bonds. The van der Waals surface area contributed by atoms with Gasteiger partial charge in [0.05, 0.1) is 17.6 Å². The van der Waals surface area contributed by atoms with Gasteiger partial charge >= 0.3 is 0 Å². The number of Topliss-reactive ketones (excluding diaryl/α,β-unsaturated/α-hetero) is 1. The van der Waals surface area contributed by atoms with Crippen LogP contribution in [0.2, 0.25) is 0 Å². The van der Waals surface area contributed by atoms with Crippen molar-refractivity contribution in [3.05, 3.63) is 99.9 Å². The van der Waals surface area contributed by atoms with Crippen LogP contribution in [0, 0.1) is 10.1 Å². The summed E-state index contributed by atoms with van der Waals surface area (Å²) in [6.07, 6.45) is 1.55. The van der Waals surface area contributed by atoms with Crippen LogP contribution < -0.4 is 4.74 Å². The topological polar surface area (TPSA) is 95.5 Å². The Morgan fingerprint density at radius 3 is 2.53 bits per heavy atom. The molecule has 1 heterocycles. The van der Waals surface area contributed by atoms with Gasteiger partial charge in [-0.1, -0.05) is 24.3 Å². The highest BCUT2D eigenvalue weighted by Gasteiger charge is 2.21. The summed E-state index contributed by atoms with van der Waals surface area (Å²) >= 11 is 0. The standard InChI is InChI=1S/C23H16N2O5/c1-29-18-11-9-16(10-12-18)22(26)19(14-15-5-4-6-17(13-15)25(27)28)23-24-20-7-2-3-8-21(20)30-23/h2-14H,1H3. The number of allylic oxidation sites excluding steroid dienone is 1. The molecule has 0 N–H and O–H groups in total. The second-order valence-corrected chi connectivity index (χ2v) is 6.45. The van der Waals surface area contributed by atoms with E-state index in [4.69, 9.17) is 9.15 Å². The third-order valence-corrected chi connectivity index (χ3v) is 4.51. The zero-order valence-electron chi connectivity index (χ0n) is 15.9. The first-order valence-electron chi connectivity index (χ1n) is 9.06. The number of non-ortho nitro benzene ring substituents is 1. The summed E-state index contributed by atoms with van der Waals surface area (Å²) in [6.45, 7) is 0. The predicted octanol–water partition coefficient (Wildman–Crippen LogP) is 5.17. The van der Waals surface area contributed by atoms with Crippen LogP contribution in [0.4, 0.5) is 5.69 Å². The van der Waals surface area contributed by atoms with Gasteiger partial charge in [-0.2, -0.15) is 0 Å². The molecule has 148 valence electrons. The Morgan fingerprint density at radius 1 is 1.07 bits per heavy atom. The average Bonchev–Trinajstić information content (AvgIpc) is 3.21. The molecule has 4 rings (SSSR count). The quantitative estimate of drug-likeness (QED) is 0.192. The number of hydrogen-bond donors (Lipinski definition) is 0. The van der Waals surface area contributed by atoms with Gasteiger partial charge in [0, 0.05) is 17.7 Å². The van der Waals surface area contributed by atoms with Gasteiger partial charge in [0.15, 0.2) is 11.4 Å². The van der Waals surface area contributed by atoms with Crippen molar-refractivity contribution in [2.75, 3.05) is 7.11 Å². The number of rotatable bonds is 6. The van der Waals surface area contributed by atoms with Crippen LogP contribution in [0.15, 0.2) is 77.2 Å². The molecule has 0 unspecified atom stereocenters. The highest BCUT2D eigenvalue weighted by molar-refractivity contribution is 6.31. The van der Waals surface area contributed by atoms with Crippen molar-refractivity contribution in [3.8, 4) is 5.75 Å². The lowest BCUT2D eigenvalue weighted by molar-refractivity contribution is -0.384. The fourth-order valence-corrected chi connectivity index (χ4v) is 3.00. The number of oxazole rings is 1. The number of benzene rings is 3. The second-order valence-electron chi connectivity index (χ2n) is 6.45. The van der Waals surface area contributed by atoms with Crippen molar-refractivity contribution < 1.29 is 18.9 Å². The van der Waals surface area contributed by atoms with E-state index in [0.29, 0.717) is 28.0 Å². The van der Waals surface area contributed by atoms with Gasteiger partial charge in [0.25, 0.3) is 5.69 Å². The van der Waals surface area contributed by atoms with Crippen LogP contribution >= 0.6 is 0 Å². The van der Waals surface area contributed by atoms with Gasteiger partial charge in [0.2, 0.25) is 5.89 Å². The van der Waals surface area contributed by atoms with Crippen molar-refractivity contribution in [2.24, 2.45) is 0 Å². The summed E-state index contributed by atoms with van der Waals surface area (Å²) < 4.78 is 11.0. The Morgan fingerprint density at radius 2 is 1.83 bits per heavy atom. The molecule has 0 aliphatic rings. The zero-order chi connectivity index (χ0) is 21.1. The zero-order valence-corrected chi connectivity index (χ0v) is 15.9. The molecule has 4 aromatic rings. The molecule has 0 saturated carbocycles. The van der Waals surface area contributed by atoms with Gasteiger partial charge in [-0.25, -0.2) is 4.98 Å². The van der Waals surface area contributed by atoms with E-state index in [9.17, 15) is 14.9 Å². The maximum absolute atomic E-state index is 13.3. The first-order valence-corrected chi connectivity index (χ1v) is 9.06. The number of para-hydroxylation sites is 2. The molecule has 0 fully saturated rings. The number of fused-ring (bicyclic) bond motifs is 1. The van der Waals surface area contributed by atoms with Crippen LogP contribution in [0.1, 0.15) is 21.8 Å². The molecular weight excluding hydrogens is 384 g/mol. The summed E-state index contributed by atoms with van der Waals surface area (Å²) in [5.74, 6) is 0.442. The summed E-state index contributed by atoms with van der Waals surface area (Å²) in [5, 5.41) is 11.1. The van der Waals surface area contributed by atoms with Gasteiger partial charge in [-0.05, 0) is 48.0 Å². The summed E-state index contributed by atoms with van der Waals surface area (Å²) in [7, 11) is 1.54. The molecule has 0 aliphatic heterocycles. The molecule has 3 aromatic carbocycles. The molecule has 1 aromatic heterocycles. The SMILES string of the molecule is COc1ccc(C(=O)C(=Cc2cccc([N+](=O)[O-])c2)c2nc3ccccc3o2)cc1. The number of nitro groups is 1. The van der Waals surface area contributed by atoms with Crippen molar-refractivity contribution in [1.82, 2.24) is 4.98 Å². The highest BCUT2D eigenvalue weighted by Crippen LogP contribution is 2.27. The minimum atomic E-state index is -0.484. The van der Waals surface area contributed by atoms with Crippen LogP contribution in [0.25, 0.3) is 22.7 Å². The van der Waals surface area contributed by atoms with E-state index in [-0.39, 0.29) is 22.9 Å². The van der Waals surface area contributed by atoms with E-state index in [2.05, 4.69) is 4.98 Å². The Labute approximate surface area is 171 Å². The molecule has 7 nitrogen and oxygen atoms in total. The number of carbonyl (C=O) groups excluding carboxylic acids is 1. The van der Waals surface area contributed by atoms with Crippen LogP contribution in [0.5, 0.6) is 5.75 Å². The third-order valence-electron chi connectivity index (χ3n) is 4.51. The second kappa shape index (κ2) is 8.00. The number of aromatic nitrogens is 1. The highest BCUT2D eigenvalue weighted by atomic mass is 16.6. The van der Waals surface area contributed by atoms with E-state index in [1.807, 2.05) is 12.1 Å². The van der Waals surface area contributed by atoms with Gasteiger partial charge < -0.3 is 9.15 Å². The number of nitrogens with zero attached hydrogens (tertiary/aromatic N) is 2. The van der Waals surface area contributed by atoms with Crippen molar-refractivity contribution in [2.45, 2.75) is 0 Å². The Bertz CT molecular complexity index is 1240. The molecule has 7 heteroatoms. The lowest BCUT2D eigenvalue weighted by Crippen LogP contribution is -2.03. The smallest absolute Gasteiger partial charge is 0.270 e. The molecule has 0 aliphatic carbocycles. The maximum Gasteiger partial charge on any atom is 0.270 e. The summed E-state index contributed by atoms with van der Waals surface area (Å²) in [6, 6.07) is 19.9. The van der Waals surface area contributed by atoms with Crippen molar-refractivity contribution in [3.63, 3.8) is 0 Å².